The lowest BCUT2D eigenvalue weighted by Crippen LogP contribution is -2.14. The molecule has 0 aliphatic rings. The number of aromatic nitrogens is 3. The van der Waals surface area contributed by atoms with E-state index in [1.54, 1.807) is 10.6 Å². The summed E-state index contributed by atoms with van der Waals surface area (Å²) < 4.78 is 6.93. The predicted molar refractivity (Wildman–Crippen MR) is 99.9 cm³/mol. The van der Waals surface area contributed by atoms with Crippen molar-refractivity contribution < 1.29 is 14.3 Å². The van der Waals surface area contributed by atoms with E-state index in [0.29, 0.717) is 11.3 Å². The van der Waals surface area contributed by atoms with Crippen molar-refractivity contribution >= 4 is 28.7 Å². The molecule has 3 aromatic rings. The zero-order valence-electron chi connectivity index (χ0n) is 15.3. The van der Waals surface area contributed by atoms with Crippen molar-refractivity contribution in [1.82, 2.24) is 14.6 Å². The normalized spacial score (nSPS) is 11.1. The fourth-order valence-corrected chi connectivity index (χ4v) is 3.70. The van der Waals surface area contributed by atoms with Gasteiger partial charge in [-0.05, 0) is 51.8 Å². The molecule has 0 aliphatic heterocycles. The highest BCUT2D eigenvalue weighted by molar-refractivity contribution is 7.14. The van der Waals surface area contributed by atoms with Gasteiger partial charge < -0.3 is 4.74 Å². The van der Waals surface area contributed by atoms with Gasteiger partial charge >= 0.3 is 5.97 Å². The van der Waals surface area contributed by atoms with Crippen LogP contribution in [0.4, 0.5) is 0 Å². The number of carbonyl (C=O) groups is 2. The summed E-state index contributed by atoms with van der Waals surface area (Å²) in [6.07, 6.45) is 0.705. The summed E-state index contributed by atoms with van der Waals surface area (Å²) in [5.74, 6) is -0.555. The molecule has 0 radical (unpaired) electrons. The molecule has 0 atom stereocenters. The summed E-state index contributed by atoms with van der Waals surface area (Å²) in [5.41, 5.74) is 4.55. The molecule has 6 nitrogen and oxygen atoms in total. The lowest BCUT2D eigenvalue weighted by atomic mass is 10.1. The number of aryl methyl sites for hydroxylation is 4. The molecule has 0 bridgehead atoms. The third-order valence-corrected chi connectivity index (χ3v) is 5.29. The van der Waals surface area contributed by atoms with Crippen LogP contribution in [0.2, 0.25) is 0 Å². The Morgan fingerprint density at radius 3 is 2.65 bits per heavy atom. The molecule has 0 saturated carbocycles. The Morgan fingerprint density at radius 2 is 1.96 bits per heavy atom. The van der Waals surface area contributed by atoms with Gasteiger partial charge in [0.2, 0.25) is 5.78 Å². The van der Waals surface area contributed by atoms with E-state index >= 15 is 0 Å². The maximum Gasteiger partial charge on any atom is 0.306 e. The van der Waals surface area contributed by atoms with Crippen molar-refractivity contribution in [2.45, 2.75) is 40.5 Å². The number of nitrogens with zero attached hydrogens (tertiary/aromatic N) is 3. The number of carbonyl (C=O) groups excluding carboxylic acids is 2. The van der Waals surface area contributed by atoms with Gasteiger partial charge in [0.15, 0.2) is 12.3 Å². The van der Waals surface area contributed by atoms with E-state index in [9.17, 15) is 9.59 Å². The van der Waals surface area contributed by atoms with Crippen LogP contribution in [0, 0.1) is 27.7 Å². The number of ketones is 1. The summed E-state index contributed by atoms with van der Waals surface area (Å²) in [5, 5.41) is 4.43. The van der Waals surface area contributed by atoms with E-state index < -0.39 is 0 Å². The van der Waals surface area contributed by atoms with Gasteiger partial charge in [-0.1, -0.05) is 0 Å². The first-order chi connectivity index (χ1) is 12.3. The Kier molecular flexibility index (Phi) is 5.18. The van der Waals surface area contributed by atoms with Crippen LogP contribution in [0.15, 0.2) is 18.2 Å². The summed E-state index contributed by atoms with van der Waals surface area (Å²) in [7, 11) is 0. The second kappa shape index (κ2) is 7.37. The van der Waals surface area contributed by atoms with Crippen LogP contribution in [-0.2, 0) is 16.0 Å². The highest BCUT2D eigenvalue weighted by atomic mass is 32.1. The topological polar surface area (TPSA) is 73.6 Å². The minimum absolute atomic E-state index is 0.168. The average molecular weight is 371 g/mol. The first-order valence-electron chi connectivity index (χ1n) is 8.43. The number of fused-ring (bicyclic) bond motifs is 1. The molecule has 0 unspecified atom stereocenters. The second-order valence-electron chi connectivity index (χ2n) is 6.31. The SMILES string of the molecule is Cc1cc2nc(C)c(CCC(=O)OCC(=O)c3ccc(C)s3)c(C)n2n1. The fourth-order valence-electron chi connectivity index (χ4n) is 2.90. The van der Waals surface area contributed by atoms with E-state index in [0.717, 1.165) is 33.2 Å². The molecule has 0 aromatic carbocycles. The van der Waals surface area contributed by atoms with Crippen molar-refractivity contribution in [2.24, 2.45) is 0 Å². The summed E-state index contributed by atoms with van der Waals surface area (Å²) in [4.78, 5) is 30.3. The van der Waals surface area contributed by atoms with E-state index in [1.165, 1.54) is 11.3 Å². The van der Waals surface area contributed by atoms with Crippen molar-refractivity contribution in [3.8, 4) is 0 Å². The number of Topliss-reactive ketones (excluding diaryl/α,β-unsaturated/α-hetero) is 1. The Morgan fingerprint density at radius 1 is 1.19 bits per heavy atom. The molecular formula is C19H21N3O3S. The summed E-state index contributed by atoms with van der Waals surface area (Å²) in [6, 6.07) is 5.57. The first-order valence-corrected chi connectivity index (χ1v) is 9.24. The van der Waals surface area contributed by atoms with Gasteiger partial charge in [-0.25, -0.2) is 9.50 Å². The molecule has 7 heteroatoms. The average Bonchev–Trinajstić information content (AvgIpc) is 3.17. The van der Waals surface area contributed by atoms with E-state index in [4.69, 9.17) is 4.74 Å². The molecule has 0 aliphatic carbocycles. The van der Waals surface area contributed by atoms with Gasteiger partial charge in [0.05, 0.1) is 10.6 Å². The largest absolute Gasteiger partial charge is 0.457 e. The van der Waals surface area contributed by atoms with Crippen LogP contribution in [0.25, 0.3) is 5.65 Å². The van der Waals surface area contributed by atoms with E-state index in [-0.39, 0.29) is 24.8 Å². The molecule has 0 saturated heterocycles. The van der Waals surface area contributed by atoms with Gasteiger partial charge in [0.25, 0.3) is 0 Å². The van der Waals surface area contributed by atoms with Crippen LogP contribution >= 0.6 is 11.3 Å². The van der Waals surface area contributed by atoms with E-state index in [1.807, 2.05) is 39.8 Å². The molecule has 0 fully saturated rings. The number of rotatable bonds is 6. The van der Waals surface area contributed by atoms with Gasteiger partial charge in [0, 0.05) is 28.8 Å². The first kappa shape index (κ1) is 18.3. The maximum absolute atomic E-state index is 12.0. The zero-order valence-corrected chi connectivity index (χ0v) is 16.1. The zero-order chi connectivity index (χ0) is 18.8. The molecule has 0 amide bonds. The van der Waals surface area contributed by atoms with Crippen molar-refractivity contribution in [2.75, 3.05) is 6.61 Å². The highest BCUT2D eigenvalue weighted by Crippen LogP contribution is 2.18. The Balaban J connectivity index is 1.61. The number of hydrogen-bond donors (Lipinski definition) is 0. The fraction of sp³-hybridized carbons (Fsp3) is 0.368. The van der Waals surface area contributed by atoms with Gasteiger partial charge in [-0.3, -0.25) is 9.59 Å². The van der Waals surface area contributed by atoms with Crippen LogP contribution < -0.4 is 0 Å². The molecule has 3 rings (SSSR count). The minimum atomic E-state index is -0.387. The number of ether oxygens (including phenoxy) is 1. The quantitative estimate of drug-likeness (QED) is 0.490. The van der Waals surface area contributed by atoms with Gasteiger partial charge in [-0.15, -0.1) is 11.3 Å². The third-order valence-electron chi connectivity index (χ3n) is 4.24. The standard InChI is InChI=1S/C19H21N3O3S/c1-11-9-18-20-13(3)15(14(4)22(18)21-11)6-8-19(24)25-10-16(23)17-7-5-12(2)26-17/h5,7,9H,6,8,10H2,1-4H3. The Bertz CT molecular complexity index is 987. The van der Waals surface area contributed by atoms with E-state index in [2.05, 4.69) is 10.1 Å². The number of esters is 1. The lowest BCUT2D eigenvalue weighted by Gasteiger charge is -2.10. The summed E-state index contributed by atoms with van der Waals surface area (Å²) >= 11 is 1.41. The van der Waals surface area contributed by atoms with Crippen molar-refractivity contribution in [3.63, 3.8) is 0 Å². The summed E-state index contributed by atoms with van der Waals surface area (Å²) in [6.45, 7) is 7.54. The number of hydrogen-bond acceptors (Lipinski definition) is 6. The molecular weight excluding hydrogens is 350 g/mol. The van der Waals surface area contributed by atoms with Crippen LogP contribution in [0.5, 0.6) is 0 Å². The highest BCUT2D eigenvalue weighted by Gasteiger charge is 2.15. The molecule has 3 heterocycles. The van der Waals surface area contributed by atoms with Crippen molar-refractivity contribution in [1.29, 1.82) is 0 Å². The monoisotopic (exact) mass is 371 g/mol. The van der Waals surface area contributed by atoms with Gasteiger partial charge in [-0.2, -0.15) is 5.10 Å². The smallest absolute Gasteiger partial charge is 0.306 e. The Hall–Kier alpha value is -2.54. The number of thiophene rings is 1. The lowest BCUT2D eigenvalue weighted by molar-refractivity contribution is -0.142. The third kappa shape index (κ3) is 3.83. The van der Waals surface area contributed by atoms with Gasteiger partial charge in [0.1, 0.15) is 0 Å². The maximum atomic E-state index is 12.0. The van der Waals surface area contributed by atoms with Crippen molar-refractivity contribution in [3.05, 3.63) is 50.6 Å². The predicted octanol–water partition coefficient (Wildman–Crippen LogP) is 3.38. The molecule has 26 heavy (non-hydrogen) atoms. The molecule has 3 aromatic heterocycles. The molecule has 0 spiro atoms. The minimum Gasteiger partial charge on any atom is -0.457 e. The van der Waals surface area contributed by atoms with Crippen LogP contribution in [0.3, 0.4) is 0 Å². The molecule has 0 N–H and O–H groups in total. The molecule has 136 valence electrons. The van der Waals surface area contributed by atoms with Crippen LogP contribution in [-0.4, -0.2) is 33.0 Å². The second-order valence-corrected chi connectivity index (χ2v) is 7.60. The Labute approximate surface area is 155 Å². The van der Waals surface area contributed by atoms with Crippen LogP contribution in [0.1, 0.15) is 43.6 Å².